The second-order valence-corrected chi connectivity index (χ2v) is 30.2. The van der Waals surface area contributed by atoms with Crippen molar-refractivity contribution < 1.29 is 159 Å². The molecule has 694 valence electrons. The second kappa shape index (κ2) is 53.3. The summed E-state index contributed by atoms with van der Waals surface area (Å²) in [6.45, 7) is 10.0. The molecule has 9 rings (SSSR count). The van der Waals surface area contributed by atoms with Crippen LogP contribution in [0.5, 0.6) is 0 Å². The van der Waals surface area contributed by atoms with Crippen LogP contribution in [0.15, 0.2) is 18.6 Å². The monoisotopic (exact) mass is 1750 g/mol. The predicted octanol–water partition coefficient (Wildman–Crippen LogP) is -6.29. The highest BCUT2D eigenvalue weighted by atomic mass is 16.8. The van der Waals surface area contributed by atoms with Gasteiger partial charge in [0.25, 0.3) is 0 Å². The molecule has 47 nitrogen and oxygen atoms in total. The zero-order valence-electron chi connectivity index (χ0n) is 69.7. The molecular formula is C75H126N14O33. The molecule has 6 aliphatic rings. The molecule has 0 aromatic carbocycles. The minimum Gasteiger partial charge on any atom is -0.396 e. The Bertz CT molecular complexity index is 3360. The van der Waals surface area contributed by atoms with E-state index in [1.54, 1.807) is 32.6 Å². The number of carbonyl (C=O) groups excluding carboxylic acids is 5. The first kappa shape index (κ1) is 99.4. The van der Waals surface area contributed by atoms with E-state index in [1.807, 2.05) is 0 Å². The van der Waals surface area contributed by atoms with Crippen LogP contribution in [0.4, 0.5) is 0 Å². The molecule has 6 bridgehead atoms. The molecule has 0 aliphatic carbocycles. The normalized spacial score (nSPS) is 26.4. The molecule has 9 heterocycles. The highest BCUT2D eigenvalue weighted by Gasteiger charge is 2.62. The standard InChI is InChI=1S/C75H126N14O33/c1-52(91)77-60-63(96)66(99)73(49-116-69(60)120-73)47-111-34-32-108-28-26-105-23-20-102-17-13-87-38-55(81-84-87)41-113-44-72(80-59(95)11-6-4-8-12-76-58(94)10-7-5-9-16-90,46-115-43-57-40-89(86-83-57)15-19-104-22-25-107-30-31-110-36-37-119-75-51-118-71(122-75)62(79-54(3)93)65(98)68(75)101)45-114-42-56-39-88(85-82-56)14-18-103-21-24-106-27-29-109-33-35-112-48-74-50-117-70(121-74)61(78-53(2)92)64(97)67(74)100/h38-40,60-71,90,96-101H,4-37,41-51H2,1-3H3,(H,76,94)(H,77,91)(H,78,92)(H,79,93)(H,80,95)/t60-,61-,62-,63-,64-,65-,66-,67-,68-,69-,70+,71+,72?,73+,74+,75+/m1/s1. The highest BCUT2D eigenvalue weighted by Crippen LogP contribution is 2.40. The van der Waals surface area contributed by atoms with E-state index < -0.39 is 114 Å². The maximum Gasteiger partial charge on any atom is 0.224 e. The summed E-state index contributed by atoms with van der Waals surface area (Å²) in [6, 6.07) is -2.78. The molecule has 0 radical (unpaired) electrons. The molecule has 47 heteroatoms. The van der Waals surface area contributed by atoms with Crippen molar-refractivity contribution in [1.29, 1.82) is 0 Å². The Labute approximate surface area is 706 Å². The van der Waals surface area contributed by atoms with Gasteiger partial charge in [-0.25, -0.2) is 14.0 Å². The first-order chi connectivity index (χ1) is 59.1. The molecule has 5 amide bonds. The molecule has 3 aromatic rings. The fourth-order valence-electron chi connectivity index (χ4n) is 13.9. The lowest BCUT2D eigenvalue weighted by Gasteiger charge is -2.42. The van der Waals surface area contributed by atoms with Crippen molar-refractivity contribution in [2.45, 2.75) is 208 Å². The summed E-state index contributed by atoms with van der Waals surface area (Å²) in [5.41, 5.74) is -2.40. The van der Waals surface area contributed by atoms with Crippen molar-refractivity contribution >= 4 is 29.5 Å². The number of aliphatic hydroxyl groups is 7. The fraction of sp³-hybridized carbons (Fsp3) is 0.853. The third-order valence-electron chi connectivity index (χ3n) is 20.2. The lowest BCUT2D eigenvalue weighted by atomic mass is 9.88. The Kier molecular flexibility index (Phi) is 43.5. The first-order valence-corrected chi connectivity index (χ1v) is 41.5. The molecule has 1 unspecified atom stereocenters. The average Bonchev–Trinajstić information content (AvgIpc) is 1.61. The largest absolute Gasteiger partial charge is 0.396 e. The topological polar surface area (TPSA) is 573 Å². The van der Waals surface area contributed by atoms with Crippen LogP contribution in [0.25, 0.3) is 0 Å². The Hall–Kier alpha value is -6.35. The van der Waals surface area contributed by atoms with Crippen LogP contribution in [-0.2, 0) is 163 Å². The van der Waals surface area contributed by atoms with Crippen molar-refractivity contribution in [2.75, 3.05) is 205 Å². The van der Waals surface area contributed by atoms with E-state index >= 15 is 0 Å². The van der Waals surface area contributed by atoms with Gasteiger partial charge in [-0.2, -0.15) is 0 Å². The number of carbonyl (C=O) groups is 5. The van der Waals surface area contributed by atoms with Gasteiger partial charge in [-0.15, -0.1) is 15.3 Å². The molecule has 6 saturated heterocycles. The second-order valence-electron chi connectivity index (χ2n) is 30.2. The lowest BCUT2D eigenvalue weighted by molar-refractivity contribution is -0.320. The molecule has 6 fully saturated rings. The van der Waals surface area contributed by atoms with Gasteiger partial charge in [0, 0.05) is 46.8 Å². The summed E-state index contributed by atoms with van der Waals surface area (Å²) in [5, 5.41) is 113. The lowest BCUT2D eigenvalue weighted by Crippen LogP contribution is -2.66. The van der Waals surface area contributed by atoms with Crippen LogP contribution in [-0.4, -0.2) is 411 Å². The van der Waals surface area contributed by atoms with E-state index in [9.17, 15) is 54.6 Å². The van der Waals surface area contributed by atoms with E-state index in [4.69, 9.17) is 105 Å². The molecule has 16 atom stereocenters. The van der Waals surface area contributed by atoms with Crippen molar-refractivity contribution in [3.63, 3.8) is 0 Å². The van der Waals surface area contributed by atoms with Crippen LogP contribution in [0.3, 0.4) is 0 Å². The van der Waals surface area contributed by atoms with E-state index in [0.717, 1.165) is 6.42 Å². The Morgan fingerprint density at radius 3 is 1.16 bits per heavy atom. The van der Waals surface area contributed by atoms with Crippen molar-refractivity contribution in [2.24, 2.45) is 0 Å². The van der Waals surface area contributed by atoms with Gasteiger partial charge in [-0.1, -0.05) is 28.5 Å². The van der Waals surface area contributed by atoms with Gasteiger partial charge < -0.3 is 162 Å². The number of amides is 5. The molecule has 12 N–H and O–H groups in total. The summed E-state index contributed by atoms with van der Waals surface area (Å²) >= 11 is 0. The summed E-state index contributed by atoms with van der Waals surface area (Å²) in [5.74, 6) is -3.16. The molecule has 122 heavy (non-hydrogen) atoms. The Morgan fingerprint density at radius 1 is 0.418 bits per heavy atom. The maximum atomic E-state index is 14.1. The zero-order chi connectivity index (χ0) is 86.8. The number of fused-ring (bicyclic) bond motifs is 6. The summed E-state index contributed by atoms with van der Waals surface area (Å²) < 4.78 is 127. The number of hydrogen-bond acceptors (Lipinski definition) is 39. The molecule has 0 saturated carbocycles. The summed E-state index contributed by atoms with van der Waals surface area (Å²) in [4.78, 5) is 61.3. The summed E-state index contributed by atoms with van der Waals surface area (Å²) in [6.07, 6.45) is -1.40. The zero-order valence-corrected chi connectivity index (χ0v) is 69.7. The number of hydrogen-bond donors (Lipinski definition) is 12. The van der Waals surface area contributed by atoms with Crippen LogP contribution < -0.4 is 26.6 Å². The fourth-order valence-corrected chi connectivity index (χ4v) is 13.9. The van der Waals surface area contributed by atoms with Gasteiger partial charge in [-0.05, 0) is 25.7 Å². The third kappa shape index (κ3) is 32.5. The quantitative estimate of drug-likeness (QED) is 0.0234. The SMILES string of the molecule is CC(=O)N[C@H]1[C@@H]2OC[C@](COCCOCCOCCOCCn3cc(COCC(COCc4cn(CCOCCOCCOCCOC[C@@]56CO[C@@H](O5)[C@H](NC(C)=O)[C@@H](O)[C@H]6O)nn4)(COCc4cn(CCOCCOCCOCCO[C@@]56CO[C@@H](O5)[C@H](NC(C)=O)[C@@H](O)[C@H]6O)nn4)NC(=O)CCCCCNC(=O)CCCCCO)nn3)(O2)[C@H](O)[C@@H]1O. The number of aromatic nitrogens is 9. The van der Waals surface area contributed by atoms with Gasteiger partial charge in [0.15, 0.2) is 18.9 Å². The van der Waals surface area contributed by atoms with E-state index in [0.29, 0.717) is 135 Å². The van der Waals surface area contributed by atoms with Crippen LogP contribution in [0, 0.1) is 0 Å². The molecule has 3 aromatic heterocycles. The van der Waals surface area contributed by atoms with E-state index in [1.165, 1.54) is 20.8 Å². The predicted molar refractivity (Wildman–Crippen MR) is 411 cm³/mol. The number of nitrogens with one attached hydrogen (secondary N) is 5. The Morgan fingerprint density at radius 2 is 0.762 bits per heavy atom. The molecule has 0 spiro atoms. The number of rotatable bonds is 68. The molecular weight excluding hydrogens is 1620 g/mol. The van der Waals surface area contributed by atoms with Gasteiger partial charge >= 0.3 is 0 Å². The minimum absolute atomic E-state index is 0.0174. The third-order valence-corrected chi connectivity index (χ3v) is 20.2. The Balaban J connectivity index is 0.698. The van der Waals surface area contributed by atoms with Gasteiger partial charge in [0.1, 0.15) is 95.2 Å². The van der Waals surface area contributed by atoms with Gasteiger partial charge in [0.05, 0.1) is 243 Å². The van der Waals surface area contributed by atoms with Crippen molar-refractivity contribution in [3.8, 4) is 0 Å². The first-order valence-electron chi connectivity index (χ1n) is 41.5. The maximum absolute atomic E-state index is 14.1. The van der Waals surface area contributed by atoms with Crippen LogP contribution in [0.2, 0.25) is 0 Å². The number of nitrogens with zero attached hydrogens (tertiary/aromatic N) is 9. The number of unbranched alkanes of at least 4 members (excludes halogenated alkanes) is 4. The summed E-state index contributed by atoms with van der Waals surface area (Å²) in [7, 11) is 0. The van der Waals surface area contributed by atoms with Gasteiger partial charge in [0.2, 0.25) is 35.3 Å². The number of aliphatic hydroxyl groups excluding tert-OH is 7. The number of ether oxygens (including phenoxy) is 21. The smallest absolute Gasteiger partial charge is 0.224 e. The highest BCUT2D eigenvalue weighted by molar-refractivity contribution is 5.77. The van der Waals surface area contributed by atoms with E-state index in [-0.39, 0.29) is 183 Å². The van der Waals surface area contributed by atoms with Crippen molar-refractivity contribution in [1.82, 2.24) is 71.6 Å². The van der Waals surface area contributed by atoms with Gasteiger partial charge in [-0.3, -0.25) is 24.0 Å². The van der Waals surface area contributed by atoms with Crippen LogP contribution in [0.1, 0.15) is 89.2 Å². The van der Waals surface area contributed by atoms with Crippen molar-refractivity contribution in [3.05, 3.63) is 35.7 Å². The average molecular weight is 1750 g/mol. The van der Waals surface area contributed by atoms with E-state index in [2.05, 4.69) is 57.5 Å². The van der Waals surface area contributed by atoms with Crippen LogP contribution >= 0.6 is 0 Å². The minimum atomic E-state index is -1.59. The molecule has 6 aliphatic heterocycles.